The van der Waals surface area contributed by atoms with Crippen LogP contribution in [0.25, 0.3) is 11.3 Å². The van der Waals surface area contributed by atoms with E-state index in [2.05, 4.69) is 10.2 Å². The Morgan fingerprint density at radius 3 is 1.94 bits per heavy atom. The van der Waals surface area contributed by atoms with Crippen molar-refractivity contribution in [2.45, 2.75) is 4.90 Å². The van der Waals surface area contributed by atoms with Gasteiger partial charge in [-0.05, 0) is 48.5 Å². The predicted octanol–water partition coefficient (Wildman–Crippen LogP) is 3.33. The molecule has 2 aromatic carbocycles. The third kappa shape index (κ3) is 4.75. The zero-order valence-corrected chi connectivity index (χ0v) is 20.6. The monoisotopic (exact) mass is 504 g/mol. The summed E-state index contributed by atoms with van der Waals surface area (Å²) < 4.78 is 43.5. The number of anilines is 1. The van der Waals surface area contributed by atoms with Crippen LogP contribution in [0.2, 0.25) is 5.02 Å². The first-order valence-corrected chi connectivity index (χ1v) is 12.3. The van der Waals surface area contributed by atoms with Gasteiger partial charge in [0.25, 0.3) is 0 Å². The molecule has 0 saturated carbocycles. The van der Waals surface area contributed by atoms with Crippen LogP contribution in [0.1, 0.15) is 0 Å². The summed E-state index contributed by atoms with van der Waals surface area (Å²) in [4.78, 5) is 2.25. The van der Waals surface area contributed by atoms with Gasteiger partial charge >= 0.3 is 0 Å². The van der Waals surface area contributed by atoms with Crippen LogP contribution in [0, 0.1) is 0 Å². The summed E-state index contributed by atoms with van der Waals surface area (Å²) in [7, 11) is 1.10. The molecule has 0 atom stereocenters. The molecule has 180 valence electrons. The molecule has 0 radical (unpaired) electrons. The lowest BCUT2D eigenvalue weighted by Gasteiger charge is -2.34. The van der Waals surface area contributed by atoms with Crippen LogP contribution < -0.4 is 19.1 Å². The van der Waals surface area contributed by atoms with Gasteiger partial charge in [-0.25, -0.2) is 8.42 Å². The minimum atomic E-state index is -3.57. The molecule has 1 saturated heterocycles. The number of aromatic nitrogens is 2. The summed E-state index contributed by atoms with van der Waals surface area (Å²) in [6, 6.07) is 13.6. The third-order valence-corrected chi connectivity index (χ3v) is 7.79. The molecule has 34 heavy (non-hydrogen) atoms. The van der Waals surface area contributed by atoms with E-state index in [-0.39, 0.29) is 4.90 Å². The molecule has 1 aliphatic rings. The van der Waals surface area contributed by atoms with Crippen molar-refractivity contribution in [3.8, 4) is 28.5 Å². The van der Waals surface area contributed by atoms with Gasteiger partial charge in [0.1, 0.15) is 0 Å². The summed E-state index contributed by atoms with van der Waals surface area (Å²) in [6.07, 6.45) is 0. The summed E-state index contributed by atoms with van der Waals surface area (Å²) in [5, 5.41) is 9.23. The van der Waals surface area contributed by atoms with Gasteiger partial charge in [-0.1, -0.05) is 11.6 Å². The minimum Gasteiger partial charge on any atom is -0.493 e. The molecule has 0 aliphatic carbocycles. The van der Waals surface area contributed by atoms with Crippen LogP contribution in [0.4, 0.5) is 5.82 Å². The fourth-order valence-corrected chi connectivity index (χ4v) is 5.34. The van der Waals surface area contributed by atoms with Gasteiger partial charge in [0.05, 0.1) is 31.9 Å². The number of nitrogens with zero attached hydrogens (tertiary/aromatic N) is 4. The van der Waals surface area contributed by atoms with E-state index in [1.54, 1.807) is 33.5 Å². The highest BCUT2D eigenvalue weighted by atomic mass is 35.5. The standard InChI is InChI=1S/C23H25ClN4O5S/c1-31-20-14-16(15-21(32-2)23(20)33-3)19-8-9-22(26-25-19)27-10-12-28(13-11-27)34(29,30)18-6-4-17(24)5-7-18/h4-9,14-15H,10-13H2,1-3H3. The highest BCUT2D eigenvalue weighted by molar-refractivity contribution is 7.89. The number of hydrogen-bond acceptors (Lipinski definition) is 8. The second kappa shape index (κ2) is 10.0. The van der Waals surface area contributed by atoms with Crippen molar-refractivity contribution in [1.82, 2.24) is 14.5 Å². The molecular formula is C23H25ClN4O5S. The van der Waals surface area contributed by atoms with Crippen molar-refractivity contribution in [1.29, 1.82) is 0 Å². The molecule has 1 fully saturated rings. The Morgan fingerprint density at radius 1 is 0.824 bits per heavy atom. The maximum absolute atomic E-state index is 12.9. The van der Waals surface area contributed by atoms with Crippen molar-refractivity contribution < 1.29 is 22.6 Å². The number of rotatable bonds is 7. The molecule has 1 aromatic heterocycles. The van der Waals surface area contributed by atoms with Crippen LogP contribution in [0.5, 0.6) is 17.2 Å². The molecular weight excluding hydrogens is 480 g/mol. The van der Waals surface area contributed by atoms with Crippen LogP contribution >= 0.6 is 11.6 Å². The number of halogens is 1. The Morgan fingerprint density at radius 2 is 1.44 bits per heavy atom. The maximum atomic E-state index is 12.9. The number of methoxy groups -OCH3 is 3. The third-order valence-electron chi connectivity index (χ3n) is 5.63. The van der Waals surface area contributed by atoms with E-state index in [1.165, 1.54) is 16.4 Å². The quantitative estimate of drug-likeness (QED) is 0.483. The van der Waals surface area contributed by atoms with Gasteiger partial charge in [0, 0.05) is 36.8 Å². The predicted molar refractivity (Wildman–Crippen MR) is 130 cm³/mol. The van der Waals surface area contributed by atoms with E-state index < -0.39 is 10.0 Å². The van der Waals surface area contributed by atoms with E-state index in [9.17, 15) is 8.42 Å². The SMILES string of the molecule is COc1cc(-c2ccc(N3CCN(S(=O)(=O)c4ccc(Cl)cc4)CC3)nn2)cc(OC)c1OC. The first kappa shape index (κ1) is 24.1. The number of hydrogen-bond donors (Lipinski definition) is 0. The fraction of sp³-hybridized carbons (Fsp3) is 0.304. The zero-order chi connectivity index (χ0) is 24.3. The molecule has 0 amide bonds. The van der Waals surface area contributed by atoms with Crippen LogP contribution in [0.15, 0.2) is 53.4 Å². The molecule has 0 spiro atoms. The van der Waals surface area contributed by atoms with E-state index in [4.69, 9.17) is 25.8 Å². The summed E-state index contributed by atoms with van der Waals surface area (Å²) in [5.74, 6) is 2.24. The lowest BCUT2D eigenvalue weighted by Crippen LogP contribution is -2.48. The number of piperazine rings is 1. The summed E-state index contributed by atoms with van der Waals surface area (Å²) >= 11 is 5.88. The summed E-state index contributed by atoms with van der Waals surface area (Å²) in [5.41, 5.74) is 1.42. The van der Waals surface area contributed by atoms with Gasteiger partial charge in [-0.2, -0.15) is 4.31 Å². The molecule has 0 unspecified atom stereocenters. The Kier molecular flexibility index (Phi) is 7.11. The molecule has 11 heteroatoms. The van der Waals surface area contributed by atoms with Crippen molar-refractivity contribution in [3.63, 3.8) is 0 Å². The van der Waals surface area contributed by atoms with E-state index in [0.29, 0.717) is 60.0 Å². The first-order valence-electron chi connectivity index (χ1n) is 10.5. The largest absolute Gasteiger partial charge is 0.493 e. The second-order valence-electron chi connectivity index (χ2n) is 7.54. The van der Waals surface area contributed by atoms with Crippen LogP contribution in [-0.2, 0) is 10.0 Å². The van der Waals surface area contributed by atoms with Gasteiger partial charge in [0.2, 0.25) is 15.8 Å². The van der Waals surface area contributed by atoms with Gasteiger partial charge in [-0.3, -0.25) is 0 Å². The Hall–Kier alpha value is -3.08. The van der Waals surface area contributed by atoms with Gasteiger partial charge < -0.3 is 19.1 Å². The Labute approximate surface area is 203 Å². The lowest BCUT2D eigenvalue weighted by molar-refractivity contribution is 0.324. The maximum Gasteiger partial charge on any atom is 0.243 e. The molecule has 9 nitrogen and oxygen atoms in total. The minimum absolute atomic E-state index is 0.236. The first-order chi connectivity index (χ1) is 16.4. The van der Waals surface area contributed by atoms with E-state index >= 15 is 0 Å². The van der Waals surface area contributed by atoms with Gasteiger partial charge in [-0.15, -0.1) is 10.2 Å². The average molecular weight is 505 g/mol. The number of benzene rings is 2. The Bertz CT molecular complexity index is 1220. The van der Waals surface area contributed by atoms with Crippen molar-refractivity contribution in [2.24, 2.45) is 0 Å². The van der Waals surface area contributed by atoms with Crippen LogP contribution in [0.3, 0.4) is 0 Å². The van der Waals surface area contributed by atoms with Crippen molar-refractivity contribution in [3.05, 3.63) is 53.6 Å². The second-order valence-corrected chi connectivity index (χ2v) is 9.91. The molecule has 0 bridgehead atoms. The molecule has 2 heterocycles. The normalized spacial score (nSPS) is 14.6. The average Bonchev–Trinajstić information content (AvgIpc) is 2.88. The highest BCUT2D eigenvalue weighted by Gasteiger charge is 2.29. The Balaban J connectivity index is 1.47. The van der Waals surface area contributed by atoms with Gasteiger partial charge in [0.15, 0.2) is 17.3 Å². The van der Waals surface area contributed by atoms with Crippen molar-refractivity contribution >= 4 is 27.4 Å². The molecule has 1 aliphatic heterocycles. The molecule has 3 aromatic rings. The van der Waals surface area contributed by atoms with E-state index in [1.807, 2.05) is 29.2 Å². The zero-order valence-electron chi connectivity index (χ0n) is 19.1. The lowest BCUT2D eigenvalue weighted by atomic mass is 10.1. The summed E-state index contributed by atoms with van der Waals surface area (Å²) in [6.45, 7) is 1.71. The smallest absolute Gasteiger partial charge is 0.243 e. The number of sulfonamides is 1. The topological polar surface area (TPSA) is 94.1 Å². The van der Waals surface area contributed by atoms with E-state index in [0.717, 1.165) is 5.56 Å². The highest BCUT2D eigenvalue weighted by Crippen LogP contribution is 2.40. The number of ether oxygens (including phenoxy) is 3. The van der Waals surface area contributed by atoms with Crippen molar-refractivity contribution in [2.75, 3.05) is 52.4 Å². The molecule has 4 rings (SSSR count). The molecule has 0 N–H and O–H groups in total. The fourth-order valence-electron chi connectivity index (χ4n) is 3.79. The van der Waals surface area contributed by atoms with Crippen LogP contribution in [-0.4, -0.2) is 70.4 Å².